The minimum Gasteiger partial charge on any atom is -0.489 e. The van der Waals surface area contributed by atoms with Gasteiger partial charge in [-0.3, -0.25) is 9.59 Å². The van der Waals surface area contributed by atoms with Gasteiger partial charge in [0.1, 0.15) is 17.8 Å². The average molecular weight is 652 g/mol. The number of alkyl halides is 1. The van der Waals surface area contributed by atoms with Crippen molar-refractivity contribution in [3.63, 3.8) is 0 Å². The van der Waals surface area contributed by atoms with Gasteiger partial charge in [-0.1, -0.05) is 111 Å². The van der Waals surface area contributed by atoms with E-state index < -0.39 is 10.8 Å². The first-order valence-electron chi connectivity index (χ1n) is 16.9. The number of aryl methyl sites for hydroxylation is 1. The maximum absolute atomic E-state index is 14.3. The summed E-state index contributed by atoms with van der Waals surface area (Å²) >= 11 is 3.51. The minimum atomic E-state index is -0.964. The second-order valence-corrected chi connectivity index (χ2v) is 14.5. The van der Waals surface area contributed by atoms with Crippen molar-refractivity contribution in [2.24, 2.45) is 22.7 Å². The number of fused-ring (bicyclic) bond motifs is 5. The van der Waals surface area contributed by atoms with Crippen LogP contribution in [0.4, 0.5) is 0 Å². The van der Waals surface area contributed by atoms with Crippen molar-refractivity contribution in [2.45, 2.75) is 116 Å². The fourth-order valence-electron chi connectivity index (χ4n) is 8.83. The molecule has 0 aliphatic heterocycles. The number of ketones is 1. The quantitative estimate of drug-likeness (QED) is 0.0833. The SMILES string of the molecule is COC(=O)[C@@]1(CCCCCCCCCCCBr)C[C@H]2[C@@H]3CCc4cc(OCc5ccccc5)ccc4[C@H]3CC[C@]2(C)C1=O. The molecule has 0 spiro atoms. The number of esters is 1. The Morgan fingerprint density at radius 3 is 2.33 bits per heavy atom. The van der Waals surface area contributed by atoms with Crippen LogP contribution < -0.4 is 4.74 Å². The molecule has 0 radical (unpaired) electrons. The Labute approximate surface area is 267 Å². The van der Waals surface area contributed by atoms with Gasteiger partial charge in [-0.2, -0.15) is 0 Å². The Kier molecular flexibility index (Phi) is 11.1. The van der Waals surface area contributed by atoms with Crippen LogP contribution in [0.2, 0.25) is 0 Å². The van der Waals surface area contributed by atoms with Crippen molar-refractivity contribution >= 4 is 27.7 Å². The standard InChI is InChI=1S/C38H51BrO4/c1-37-23-21-32-31-20-18-30(43-27-28-15-11-10-12-16-28)25-29(31)17-19-33(32)34(37)26-38(35(37)40,36(41)42-2)22-13-8-6-4-3-5-7-9-14-24-39/h10-12,15-16,18,20,25,32-34H,3-9,13-14,17,19,21-24,26-27H2,1-2H3/t32-,33-,34+,37+,38+/m1/s1. The molecule has 2 fully saturated rings. The lowest BCUT2D eigenvalue weighted by molar-refractivity contribution is -0.159. The molecular weight excluding hydrogens is 600 g/mol. The first-order valence-corrected chi connectivity index (χ1v) is 18.0. The van der Waals surface area contributed by atoms with E-state index in [1.165, 1.54) is 68.7 Å². The van der Waals surface area contributed by atoms with Crippen molar-refractivity contribution in [3.8, 4) is 5.75 Å². The van der Waals surface area contributed by atoms with E-state index >= 15 is 0 Å². The number of rotatable bonds is 15. The molecule has 5 heteroatoms. The fraction of sp³-hybridized carbons (Fsp3) is 0.632. The molecule has 4 nitrogen and oxygen atoms in total. The van der Waals surface area contributed by atoms with Gasteiger partial charge in [0.25, 0.3) is 0 Å². The van der Waals surface area contributed by atoms with Crippen LogP contribution in [-0.4, -0.2) is 24.2 Å². The second-order valence-electron chi connectivity index (χ2n) is 13.7. The summed E-state index contributed by atoms with van der Waals surface area (Å²) in [5.74, 6) is 1.94. The number of hydrogen-bond acceptors (Lipinski definition) is 4. The molecule has 2 saturated carbocycles. The second kappa shape index (κ2) is 14.8. The number of methoxy groups -OCH3 is 1. The fourth-order valence-corrected chi connectivity index (χ4v) is 9.23. The molecule has 3 aliphatic rings. The van der Waals surface area contributed by atoms with Crippen molar-refractivity contribution in [3.05, 3.63) is 65.2 Å². The molecule has 0 heterocycles. The van der Waals surface area contributed by atoms with E-state index in [2.05, 4.69) is 53.2 Å². The smallest absolute Gasteiger partial charge is 0.319 e. The average Bonchev–Trinajstić information content (AvgIpc) is 3.27. The van der Waals surface area contributed by atoms with Gasteiger partial charge in [0.2, 0.25) is 0 Å². The van der Waals surface area contributed by atoms with Crippen LogP contribution in [-0.2, 0) is 27.4 Å². The van der Waals surface area contributed by atoms with Gasteiger partial charge in [0.15, 0.2) is 5.78 Å². The van der Waals surface area contributed by atoms with E-state index in [0.717, 1.165) is 49.6 Å². The monoisotopic (exact) mass is 650 g/mol. The van der Waals surface area contributed by atoms with Gasteiger partial charge in [0, 0.05) is 10.7 Å². The normalized spacial score (nSPS) is 27.7. The largest absolute Gasteiger partial charge is 0.489 e. The molecule has 5 atom stereocenters. The van der Waals surface area contributed by atoms with Crippen LogP contribution >= 0.6 is 15.9 Å². The number of unbranched alkanes of at least 4 members (excludes halogenated alkanes) is 8. The van der Waals surface area contributed by atoms with Crippen LogP contribution in [0.15, 0.2) is 48.5 Å². The molecule has 2 aromatic rings. The Bertz CT molecular complexity index is 1230. The zero-order valence-electron chi connectivity index (χ0n) is 26.4. The highest BCUT2D eigenvalue weighted by Crippen LogP contribution is 2.64. The van der Waals surface area contributed by atoms with E-state index in [1.807, 2.05) is 18.2 Å². The molecule has 0 aromatic heterocycles. The number of carbonyl (C=O) groups excluding carboxylic acids is 2. The van der Waals surface area contributed by atoms with Crippen LogP contribution in [0.3, 0.4) is 0 Å². The number of hydrogen-bond donors (Lipinski definition) is 0. The van der Waals surface area contributed by atoms with Gasteiger partial charge in [0.05, 0.1) is 7.11 Å². The summed E-state index contributed by atoms with van der Waals surface area (Å²) in [4.78, 5) is 27.7. The lowest BCUT2D eigenvalue weighted by Crippen LogP contribution is -2.44. The summed E-state index contributed by atoms with van der Waals surface area (Å²) in [7, 11) is 1.47. The molecule has 0 bridgehead atoms. The summed E-state index contributed by atoms with van der Waals surface area (Å²) in [6, 6.07) is 16.9. The first kappa shape index (κ1) is 32.3. The highest BCUT2D eigenvalue weighted by molar-refractivity contribution is 9.09. The topological polar surface area (TPSA) is 52.6 Å². The molecular formula is C38H51BrO4. The van der Waals surface area contributed by atoms with Crippen molar-refractivity contribution in [2.75, 3.05) is 12.4 Å². The van der Waals surface area contributed by atoms with Crippen LogP contribution in [0, 0.1) is 22.7 Å². The highest BCUT2D eigenvalue weighted by atomic mass is 79.9. The number of Topliss-reactive ketones (excluding diaryl/α,β-unsaturated/α-hetero) is 1. The maximum Gasteiger partial charge on any atom is 0.319 e. The molecule has 5 rings (SSSR count). The van der Waals surface area contributed by atoms with Crippen LogP contribution in [0.5, 0.6) is 5.75 Å². The third-order valence-electron chi connectivity index (χ3n) is 11.2. The Balaban J connectivity index is 1.22. The zero-order chi connectivity index (χ0) is 30.3. The van der Waals surface area contributed by atoms with Gasteiger partial charge >= 0.3 is 5.97 Å². The molecule has 0 saturated heterocycles. The van der Waals surface area contributed by atoms with Gasteiger partial charge in [-0.05, 0) is 91.5 Å². The van der Waals surface area contributed by atoms with Crippen LogP contribution in [0.25, 0.3) is 0 Å². The Hall–Kier alpha value is -2.14. The molecule has 0 N–H and O–H groups in total. The number of carbonyl (C=O) groups is 2. The lowest BCUT2D eigenvalue weighted by atomic mass is 9.55. The minimum absolute atomic E-state index is 0.178. The van der Waals surface area contributed by atoms with Gasteiger partial charge in [-0.15, -0.1) is 0 Å². The van der Waals surface area contributed by atoms with Crippen LogP contribution in [0.1, 0.15) is 119 Å². The molecule has 234 valence electrons. The van der Waals surface area contributed by atoms with Gasteiger partial charge < -0.3 is 9.47 Å². The van der Waals surface area contributed by atoms with E-state index in [4.69, 9.17) is 9.47 Å². The Morgan fingerprint density at radius 2 is 1.63 bits per heavy atom. The van der Waals surface area contributed by atoms with Crippen molar-refractivity contribution in [1.82, 2.24) is 0 Å². The maximum atomic E-state index is 14.3. The number of benzene rings is 2. The first-order chi connectivity index (χ1) is 20.9. The molecule has 43 heavy (non-hydrogen) atoms. The Morgan fingerprint density at radius 1 is 0.930 bits per heavy atom. The molecule has 0 unspecified atom stereocenters. The third-order valence-corrected chi connectivity index (χ3v) is 11.7. The van der Waals surface area contributed by atoms with Crippen molar-refractivity contribution in [1.29, 1.82) is 0 Å². The van der Waals surface area contributed by atoms with E-state index in [0.29, 0.717) is 31.3 Å². The molecule has 0 amide bonds. The number of ether oxygens (including phenoxy) is 2. The summed E-state index contributed by atoms with van der Waals surface area (Å²) in [6.45, 7) is 2.74. The summed E-state index contributed by atoms with van der Waals surface area (Å²) in [5.41, 5.74) is 2.60. The molecule has 3 aliphatic carbocycles. The number of halogens is 1. The lowest BCUT2D eigenvalue weighted by Gasteiger charge is -2.48. The van der Waals surface area contributed by atoms with Crippen molar-refractivity contribution < 1.29 is 19.1 Å². The van der Waals surface area contributed by atoms with Gasteiger partial charge in [-0.25, -0.2) is 0 Å². The zero-order valence-corrected chi connectivity index (χ0v) is 28.0. The highest BCUT2D eigenvalue weighted by Gasteiger charge is 2.66. The summed E-state index contributed by atoms with van der Waals surface area (Å²) in [5, 5.41) is 1.11. The van der Waals surface area contributed by atoms with E-state index in [-0.39, 0.29) is 17.7 Å². The third kappa shape index (κ3) is 6.92. The predicted molar refractivity (Wildman–Crippen MR) is 177 cm³/mol. The summed E-state index contributed by atoms with van der Waals surface area (Å²) < 4.78 is 11.5. The predicted octanol–water partition coefficient (Wildman–Crippen LogP) is 9.76. The molecule has 2 aromatic carbocycles. The van der Waals surface area contributed by atoms with E-state index in [1.54, 1.807) is 0 Å². The van der Waals surface area contributed by atoms with E-state index in [9.17, 15) is 9.59 Å². The summed E-state index contributed by atoms with van der Waals surface area (Å²) in [6.07, 6.45) is 16.2.